The minimum absolute atomic E-state index is 0.0647. The molecule has 3 N–H and O–H groups in total. The van der Waals surface area contributed by atoms with E-state index in [4.69, 9.17) is 29.0 Å². The Bertz CT molecular complexity index is 540. The van der Waals surface area contributed by atoms with Crippen molar-refractivity contribution in [3.05, 3.63) is 55.7 Å². The second-order valence-corrected chi connectivity index (χ2v) is 5.76. The summed E-state index contributed by atoms with van der Waals surface area (Å²) in [5.41, 5.74) is 6.35. The molecule has 2 aromatic rings. The average Bonchev–Trinajstić information content (AvgIpc) is 2.75. The van der Waals surface area contributed by atoms with Gasteiger partial charge in [-0.1, -0.05) is 29.3 Å². The molecule has 0 aliphatic rings. The Morgan fingerprint density at radius 1 is 1.33 bits per heavy atom. The Hall–Kier alpha value is -0.580. The van der Waals surface area contributed by atoms with Gasteiger partial charge in [-0.25, -0.2) is 0 Å². The third kappa shape index (κ3) is 3.05. The maximum atomic E-state index is 6.18. The van der Waals surface area contributed by atoms with Gasteiger partial charge in [-0.15, -0.1) is 0 Å². The Morgan fingerprint density at radius 3 is 2.67 bits per heavy atom. The van der Waals surface area contributed by atoms with Crippen molar-refractivity contribution < 1.29 is 0 Å². The van der Waals surface area contributed by atoms with Gasteiger partial charge in [0.2, 0.25) is 0 Å². The summed E-state index contributed by atoms with van der Waals surface area (Å²) in [7, 11) is 0. The summed E-state index contributed by atoms with van der Waals surface area (Å²) < 4.78 is 0. The number of thiophene rings is 1. The normalized spacial score (nSPS) is 12.7. The first-order valence-electron chi connectivity index (χ1n) is 5.54. The predicted octanol–water partition coefficient (Wildman–Crippen LogP) is 4.11. The van der Waals surface area contributed by atoms with Crippen LogP contribution in [-0.2, 0) is 6.42 Å². The molecule has 1 aromatic carbocycles. The summed E-state index contributed by atoms with van der Waals surface area (Å²) in [4.78, 5) is 0. The molecule has 0 bridgehead atoms. The molecule has 0 radical (unpaired) electrons. The number of nitrogens with two attached hydrogens (primary N) is 1. The van der Waals surface area contributed by atoms with Gasteiger partial charge in [0, 0.05) is 10.0 Å². The van der Waals surface area contributed by atoms with E-state index in [0.717, 1.165) is 12.0 Å². The zero-order chi connectivity index (χ0) is 13.1. The molecule has 18 heavy (non-hydrogen) atoms. The lowest BCUT2D eigenvalue weighted by Crippen LogP contribution is -2.29. The molecular weight excluding hydrogens is 287 g/mol. The van der Waals surface area contributed by atoms with E-state index in [9.17, 15) is 0 Å². The van der Waals surface area contributed by atoms with Gasteiger partial charge in [-0.3, -0.25) is 11.3 Å². The first kappa shape index (κ1) is 13.8. The summed E-state index contributed by atoms with van der Waals surface area (Å²) in [6, 6.07) is 5.61. The van der Waals surface area contributed by atoms with Crippen LogP contribution in [-0.4, -0.2) is 0 Å². The number of benzene rings is 1. The van der Waals surface area contributed by atoms with Crippen LogP contribution in [0.2, 0.25) is 10.0 Å². The minimum atomic E-state index is 0.0647. The molecule has 1 aromatic heterocycles. The first-order valence-corrected chi connectivity index (χ1v) is 7.24. The fraction of sp³-hybridized carbons (Fsp3) is 0.231. The number of hydrogen-bond acceptors (Lipinski definition) is 3. The molecule has 0 saturated carbocycles. The third-order valence-electron chi connectivity index (χ3n) is 2.91. The van der Waals surface area contributed by atoms with Crippen LogP contribution in [0.1, 0.15) is 22.7 Å². The number of aryl methyl sites for hydroxylation is 1. The molecule has 1 heterocycles. The van der Waals surface area contributed by atoms with Gasteiger partial charge >= 0.3 is 0 Å². The number of nitrogens with one attached hydrogen (secondary N) is 1. The fourth-order valence-corrected chi connectivity index (χ4v) is 3.28. The van der Waals surface area contributed by atoms with Crippen LogP contribution in [0.25, 0.3) is 0 Å². The van der Waals surface area contributed by atoms with E-state index in [1.54, 1.807) is 17.4 Å². The summed E-state index contributed by atoms with van der Waals surface area (Å²) in [6.45, 7) is 2.08. The van der Waals surface area contributed by atoms with Crippen molar-refractivity contribution in [2.45, 2.75) is 19.4 Å². The number of rotatable bonds is 4. The molecule has 0 aliphatic carbocycles. The zero-order valence-corrected chi connectivity index (χ0v) is 12.2. The molecule has 0 amide bonds. The summed E-state index contributed by atoms with van der Waals surface area (Å²) >= 11 is 13.7. The van der Waals surface area contributed by atoms with Gasteiger partial charge in [0.25, 0.3) is 0 Å². The van der Waals surface area contributed by atoms with E-state index in [2.05, 4.69) is 23.1 Å². The molecule has 1 atom stereocenters. The summed E-state index contributed by atoms with van der Waals surface area (Å²) in [6.07, 6.45) is 0.740. The van der Waals surface area contributed by atoms with E-state index in [0.29, 0.717) is 10.0 Å². The molecule has 96 valence electrons. The van der Waals surface area contributed by atoms with Crippen molar-refractivity contribution in [1.29, 1.82) is 0 Å². The van der Waals surface area contributed by atoms with Crippen LogP contribution >= 0.6 is 34.5 Å². The van der Waals surface area contributed by atoms with Gasteiger partial charge in [0.05, 0.1) is 6.04 Å². The molecule has 5 heteroatoms. The largest absolute Gasteiger partial charge is 0.271 e. The molecular formula is C13H14Cl2N2S. The van der Waals surface area contributed by atoms with E-state index < -0.39 is 0 Å². The molecule has 0 aliphatic heterocycles. The Balaban J connectivity index is 2.23. The monoisotopic (exact) mass is 300 g/mol. The highest BCUT2D eigenvalue weighted by Gasteiger charge is 2.15. The standard InChI is InChI=1S/C13H14Cl2N2S/c1-8-6-18-7-11(8)13(17-16)4-9-2-3-10(14)5-12(9)15/h2-3,5-7,13,17H,4,16H2,1H3. The van der Waals surface area contributed by atoms with Crippen molar-refractivity contribution in [2.24, 2.45) is 5.84 Å². The van der Waals surface area contributed by atoms with Crippen LogP contribution in [0.4, 0.5) is 0 Å². The first-order chi connectivity index (χ1) is 8.61. The molecule has 2 nitrogen and oxygen atoms in total. The maximum absolute atomic E-state index is 6.18. The van der Waals surface area contributed by atoms with Crippen LogP contribution in [0.5, 0.6) is 0 Å². The fourth-order valence-electron chi connectivity index (χ4n) is 1.89. The highest BCUT2D eigenvalue weighted by molar-refractivity contribution is 7.08. The van der Waals surface area contributed by atoms with Crippen LogP contribution in [0, 0.1) is 6.92 Å². The van der Waals surface area contributed by atoms with E-state index in [-0.39, 0.29) is 6.04 Å². The van der Waals surface area contributed by atoms with E-state index in [1.807, 2.05) is 12.1 Å². The predicted molar refractivity (Wildman–Crippen MR) is 79.3 cm³/mol. The molecule has 0 fully saturated rings. The number of hydrogen-bond donors (Lipinski definition) is 2. The maximum Gasteiger partial charge on any atom is 0.0511 e. The van der Waals surface area contributed by atoms with Gasteiger partial charge in [0.15, 0.2) is 0 Å². The van der Waals surface area contributed by atoms with Crippen molar-refractivity contribution in [2.75, 3.05) is 0 Å². The number of hydrazine groups is 1. The van der Waals surface area contributed by atoms with Gasteiger partial charge in [0.1, 0.15) is 0 Å². The SMILES string of the molecule is Cc1cscc1C(Cc1ccc(Cl)cc1Cl)NN. The Labute approximate surface area is 121 Å². The lowest BCUT2D eigenvalue weighted by Gasteiger charge is -2.17. The van der Waals surface area contributed by atoms with Crippen molar-refractivity contribution in [3.8, 4) is 0 Å². The summed E-state index contributed by atoms with van der Waals surface area (Å²) in [5.74, 6) is 5.65. The molecule has 1 unspecified atom stereocenters. The van der Waals surface area contributed by atoms with Crippen molar-refractivity contribution in [1.82, 2.24) is 5.43 Å². The lowest BCUT2D eigenvalue weighted by molar-refractivity contribution is 0.551. The van der Waals surface area contributed by atoms with Gasteiger partial charge in [-0.05, 0) is 52.9 Å². The minimum Gasteiger partial charge on any atom is -0.271 e. The zero-order valence-electron chi connectivity index (χ0n) is 9.91. The second-order valence-electron chi connectivity index (χ2n) is 4.17. The van der Waals surface area contributed by atoms with Crippen LogP contribution in [0.3, 0.4) is 0 Å². The molecule has 0 saturated heterocycles. The average molecular weight is 301 g/mol. The Morgan fingerprint density at radius 2 is 2.11 bits per heavy atom. The van der Waals surface area contributed by atoms with E-state index >= 15 is 0 Å². The third-order valence-corrected chi connectivity index (χ3v) is 4.38. The smallest absolute Gasteiger partial charge is 0.0511 e. The van der Waals surface area contributed by atoms with Gasteiger partial charge < -0.3 is 0 Å². The van der Waals surface area contributed by atoms with Crippen molar-refractivity contribution in [3.63, 3.8) is 0 Å². The second kappa shape index (κ2) is 6.04. The lowest BCUT2D eigenvalue weighted by atomic mass is 9.99. The quantitative estimate of drug-likeness (QED) is 0.659. The van der Waals surface area contributed by atoms with Gasteiger partial charge in [-0.2, -0.15) is 11.3 Å². The summed E-state index contributed by atoms with van der Waals surface area (Å²) in [5, 5.41) is 5.55. The highest BCUT2D eigenvalue weighted by Crippen LogP contribution is 2.28. The highest BCUT2D eigenvalue weighted by atomic mass is 35.5. The topological polar surface area (TPSA) is 38.0 Å². The van der Waals surface area contributed by atoms with E-state index in [1.165, 1.54) is 11.1 Å². The molecule has 0 spiro atoms. The van der Waals surface area contributed by atoms with Crippen LogP contribution < -0.4 is 11.3 Å². The van der Waals surface area contributed by atoms with Crippen molar-refractivity contribution >= 4 is 34.5 Å². The molecule has 2 rings (SSSR count). The number of halogens is 2. The Kier molecular flexibility index (Phi) is 4.65. The van der Waals surface area contributed by atoms with Crippen LogP contribution in [0.15, 0.2) is 29.0 Å².